The number of ether oxygens (including phenoxy) is 1. The van der Waals surface area contributed by atoms with Gasteiger partial charge in [0.25, 0.3) is 11.1 Å². The molecule has 146 valence electrons. The first-order valence-electron chi connectivity index (χ1n) is 8.82. The summed E-state index contributed by atoms with van der Waals surface area (Å²) in [6, 6.07) is 15.1. The molecule has 3 rings (SSSR count). The van der Waals surface area contributed by atoms with Crippen LogP contribution in [0.2, 0.25) is 0 Å². The lowest BCUT2D eigenvalue weighted by atomic mass is 10.2. The molecule has 3 aromatic rings. The van der Waals surface area contributed by atoms with E-state index in [1.807, 2.05) is 74.4 Å². The molecule has 1 aromatic heterocycles. The minimum Gasteiger partial charge on any atom is -0.493 e. The monoisotopic (exact) mass is 398 g/mol. The zero-order chi connectivity index (χ0) is 19.9. The largest absolute Gasteiger partial charge is 0.493 e. The van der Waals surface area contributed by atoms with Crippen LogP contribution in [0.3, 0.4) is 0 Å². The van der Waals surface area contributed by atoms with Crippen molar-refractivity contribution >= 4 is 29.0 Å². The summed E-state index contributed by atoms with van der Waals surface area (Å²) in [5.41, 5.74) is 2.54. The van der Waals surface area contributed by atoms with Crippen molar-refractivity contribution in [2.45, 2.75) is 12.1 Å². The third-order valence-corrected chi connectivity index (χ3v) is 4.64. The maximum atomic E-state index is 12.2. The van der Waals surface area contributed by atoms with E-state index in [2.05, 4.69) is 15.5 Å². The van der Waals surface area contributed by atoms with Crippen molar-refractivity contribution in [3.05, 3.63) is 48.5 Å². The molecule has 8 heteroatoms. The first kappa shape index (κ1) is 19.8. The van der Waals surface area contributed by atoms with Gasteiger partial charge in [0.05, 0.1) is 17.9 Å². The van der Waals surface area contributed by atoms with Gasteiger partial charge in [0.1, 0.15) is 5.75 Å². The Balaban J connectivity index is 1.58. The number of rotatable bonds is 8. The maximum Gasteiger partial charge on any atom is 0.277 e. The standard InChI is InChI=1S/C20H22N4O3S/c1-4-26-17-8-6-5-7-16(17)19-22-23-20(27-19)28-13-18(25)21-14-9-11-15(12-10-14)24(2)3/h5-12H,4,13H2,1-3H3,(H,21,25). The lowest BCUT2D eigenvalue weighted by molar-refractivity contribution is -0.113. The minimum absolute atomic E-state index is 0.142. The number of carbonyl (C=O) groups is 1. The van der Waals surface area contributed by atoms with Crippen LogP contribution in [-0.4, -0.2) is 42.6 Å². The molecule has 0 aliphatic heterocycles. The molecular weight excluding hydrogens is 376 g/mol. The van der Waals surface area contributed by atoms with Crippen LogP contribution >= 0.6 is 11.8 Å². The third kappa shape index (κ3) is 5.04. The van der Waals surface area contributed by atoms with Gasteiger partial charge in [0.15, 0.2) is 0 Å². The molecule has 1 amide bonds. The summed E-state index contributed by atoms with van der Waals surface area (Å²) in [4.78, 5) is 14.2. The number of aromatic nitrogens is 2. The normalized spacial score (nSPS) is 10.5. The van der Waals surface area contributed by atoms with Crippen LogP contribution in [0.1, 0.15) is 6.92 Å². The second kappa shape index (κ2) is 9.27. The third-order valence-electron chi connectivity index (χ3n) is 3.82. The van der Waals surface area contributed by atoms with E-state index in [1.165, 1.54) is 11.8 Å². The topological polar surface area (TPSA) is 80.5 Å². The molecule has 0 radical (unpaired) electrons. The van der Waals surface area contributed by atoms with Crippen molar-refractivity contribution < 1.29 is 13.9 Å². The fourth-order valence-electron chi connectivity index (χ4n) is 2.47. The highest BCUT2D eigenvalue weighted by Gasteiger charge is 2.14. The average molecular weight is 398 g/mol. The number of hydrogen-bond acceptors (Lipinski definition) is 7. The Hall–Kier alpha value is -3.00. The zero-order valence-corrected chi connectivity index (χ0v) is 16.8. The zero-order valence-electron chi connectivity index (χ0n) is 16.0. The van der Waals surface area contributed by atoms with Gasteiger partial charge in [-0.3, -0.25) is 4.79 Å². The highest BCUT2D eigenvalue weighted by Crippen LogP contribution is 2.30. The summed E-state index contributed by atoms with van der Waals surface area (Å²) < 4.78 is 11.3. The number of thioether (sulfide) groups is 1. The first-order chi connectivity index (χ1) is 13.6. The van der Waals surface area contributed by atoms with Gasteiger partial charge in [-0.1, -0.05) is 23.9 Å². The fraction of sp³-hybridized carbons (Fsp3) is 0.250. The molecule has 0 saturated carbocycles. The van der Waals surface area contributed by atoms with Gasteiger partial charge in [-0.25, -0.2) is 0 Å². The number of para-hydroxylation sites is 1. The van der Waals surface area contributed by atoms with Gasteiger partial charge < -0.3 is 19.4 Å². The van der Waals surface area contributed by atoms with Crippen molar-refractivity contribution in [3.8, 4) is 17.2 Å². The van der Waals surface area contributed by atoms with E-state index in [9.17, 15) is 4.79 Å². The molecule has 0 saturated heterocycles. The van der Waals surface area contributed by atoms with Gasteiger partial charge in [-0.15, -0.1) is 10.2 Å². The summed E-state index contributed by atoms with van der Waals surface area (Å²) in [7, 11) is 3.94. The average Bonchev–Trinajstić information content (AvgIpc) is 3.16. The van der Waals surface area contributed by atoms with E-state index in [0.29, 0.717) is 23.5 Å². The lowest BCUT2D eigenvalue weighted by Gasteiger charge is -2.12. The Bertz CT molecular complexity index is 925. The Morgan fingerprint density at radius 1 is 1.14 bits per heavy atom. The predicted octanol–water partition coefficient (Wildman–Crippen LogP) is 3.93. The van der Waals surface area contributed by atoms with Crippen LogP contribution in [0, 0.1) is 0 Å². The number of amides is 1. The quantitative estimate of drug-likeness (QED) is 0.576. The van der Waals surface area contributed by atoms with Crippen LogP contribution in [-0.2, 0) is 4.79 Å². The van der Waals surface area contributed by atoms with E-state index in [0.717, 1.165) is 16.9 Å². The SMILES string of the molecule is CCOc1ccccc1-c1nnc(SCC(=O)Nc2ccc(N(C)C)cc2)o1. The molecule has 0 fully saturated rings. The van der Waals surface area contributed by atoms with Gasteiger partial charge in [-0.2, -0.15) is 0 Å². The number of carbonyl (C=O) groups excluding carboxylic acids is 1. The van der Waals surface area contributed by atoms with Crippen molar-refractivity contribution in [1.82, 2.24) is 10.2 Å². The highest BCUT2D eigenvalue weighted by molar-refractivity contribution is 7.99. The van der Waals surface area contributed by atoms with Crippen molar-refractivity contribution in [3.63, 3.8) is 0 Å². The van der Waals surface area contributed by atoms with Gasteiger partial charge in [0.2, 0.25) is 5.91 Å². The number of anilines is 2. The molecule has 2 aromatic carbocycles. The molecule has 0 bridgehead atoms. The Kier molecular flexibility index (Phi) is 6.54. The summed E-state index contributed by atoms with van der Waals surface area (Å²) in [5, 5.41) is 11.3. The number of benzene rings is 2. The Morgan fingerprint density at radius 2 is 1.89 bits per heavy atom. The van der Waals surface area contributed by atoms with Crippen LogP contribution < -0.4 is 15.0 Å². The van der Waals surface area contributed by atoms with Crippen molar-refractivity contribution in [2.75, 3.05) is 36.7 Å². The molecule has 7 nitrogen and oxygen atoms in total. The molecule has 0 aliphatic rings. The van der Waals surface area contributed by atoms with Crippen LogP contribution in [0.25, 0.3) is 11.5 Å². The van der Waals surface area contributed by atoms with Crippen molar-refractivity contribution in [2.24, 2.45) is 0 Å². The number of nitrogens with one attached hydrogen (secondary N) is 1. The smallest absolute Gasteiger partial charge is 0.277 e. The van der Waals surface area contributed by atoms with Gasteiger partial charge in [0, 0.05) is 25.5 Å². The molecule has 0 aliphatic carbocycles. The molecule has 1 N–H and O–H groups in total. The summed E-state index contributed by atoms with van der Waals surface area (Å²) in [5.74, 6) is 1.08. The van der Waals surface area contributed by atoms with E-state index in [-0.39, 0.29) is 11.7 Å². The van der Waals surface area contributed by atoms with E-state index < -0.39 is 0 Å². The molecule has 0 unspecified atom stereocenters. The molecule has 28 heavy (non-hydrogen) atoms. The fourth-order valence-corrected chi connectivity index (χ4v) is 3.03. The van der Waals surface area contributed by atoms with Crippen molar-refractivity contribution in [1.29, 1.82) is 0 Å². The molecule has 0 spiro atoms. The van der Waals surface area contributed by atoms with Gasteiger partial charge >= 0.3 is 0 Å². The van der Waals surface area contributed by atoms with Crippen LogP contribution in [0.15, 0.2) is 58.2 Å². The summed E-state index contributed by atoms with van der Waals surface area (Å²) in [6.45, 7) is 2.46. The van der Waals surface area contributed by atoms with Crippen LogP contribution in [0.5, 0.6) is 5.75 Å². The molecular formula is C20H22N4O3S. The van der Waals surface area contributed by atoms with E-state index in [4.69, 9.17) is 9.15 Å². The number of hydrogen-bond donors (Lipinski definition) is 1. The summed E-state index contributed by atoms with van der Waals surface area (Å²) in [6.07, 6.45) is 0. The lowest BCUT2D eigenvalue weighted by Crippen LogP contribution is -2.14. The minimum atomic E-state index is -0.142. The molecule has 1 heterocycles. The Morgan fingerprint density at radius 3 is 2.61 bits per heavy atom. The summed E-state index contributed by atoms with van der Waals surface area (Å²) >= 11 is 1.19. The van der Waals surface area contributed by atoms with E-state index >= 15 is 0 Å². The second-order valence-electron chi connectivity index (χ2n) is 6.08. The highest BCUT2D eigenvalue weighted by atomic mass is 32.2. The Labute approximate surface area is 168 Å². The maximum absolute atomic E-state index is 12.2. The van der Waals surface area contributed by atoms with Gasteiger partial charge in [-0.05, 0) is 43.3 Å². The second-order valence-corrected chi connectivity index (χ2v) is 7.01. The van der Waals surface area contributed by atoms with Crippen LogP contribution in [0.4, 0.5) is 11.4 Å². The predicted molar refractivity (Wildman–Crippen MR) is 111 cm³/mol. The first-order valence-corrected chi connectivity index (χ1v) is 9.81. The number of nitrogens with zero attached hydrogens (tertiary/aromatic N) is 3. The van der Waals surface area contributed by atoms with E-state index in [1.54, 1.807) is 0 Å². The molecule has 0 atom stereocenters.